The maximum atomic E-state index is 5.67. The molecule has 8 aromatic carbocycles. The second-order valence-corrected chi connectivity index (χ2v) is 15.3. The summed E-state index contributed by atoms with van der Waals surface area (Å²) in [6.07, 6.45) is 0. The lowest BCUT2D eigenvalue weighted by Gasteiger charge is -2.12. The van der Waals surface area contributed by atoms with Gasteiger partial charge in [0.25, 0.3) is 0 Å². The van der Waals surface area contributed by atoms with E-state index in [4.69, 9.17) is 9.97 Å². The summed E-state index contributed by atoms with van der Waals surface area (Å²) in [6, 6.07) is 54.7. The van der Waals surface area contributed by atoms with Gasteiger partial charge in [0.1, 0.15) is 0 Å². The van der Waals surface area contributed by atoms with Gasteiger partial charge in [-0.2, -0.15) is 0 Å². The molecule has 0 aliphatic carbocycles. The smallest absolute Gasteiger partial charge is 0.235 e. The number of hydrogen-bond donors (Lipinski definition) is 0. The fourth-order valence-electron chi connectivity index (χ4n) is 8.47. The van der Waals surface area contributed by atoms with E-state index in [9.17, 15) is 0 Å². The molecule has 0 atom stereocenters. The Balaban J connectivity index is 1.35. The average Bonchev–Trinajstić information content (AvgIpc) is 3.89. The maximum absolute atomic E-state index is 5.67. The Labute approximate surface area is 299 Å². The quantitative estimate of drug-likeness (QED) is 0.170. The van der Waals surface area contributed by atoms with Crippen molar-refractivity contribution in [2.24, 2.45) is 0 Å². The lowest BCUT2D eigenvalue weighted by molar-refractivity contribution is 1.02. The maximum Gasteiger partial charge on any atom is 0.235 e. The van der Waals surface area contributed by atoms with Crippen LogP contribution in [0.15, 0.2) is 152 Å². The van der Waals surface area contributed by atoms with Gasteiger partial charge in [-0.05, 0) is 33.7 Å². The van der Waals surface area contributed by atoms with Crippen LogP contribution in [-0.4, -0.2) is 14.5 Å². The molecule has 0 unspecified atom stereocenters. The summed E-state index contributed by atoms with van der Waals surface area (Å²) >= 11 is 3.69. The van der Waals surface area contributed by atoms with E-state index < -0.39 is 0 Å². The zero-order valence-electron chi connectivity index (χ0n) is 27.1. The molecule has 0 fully saturated rings. The second kappa shape index (κ2) is 10.2. The minimum atomic E-state index is 0.691. The van der Waals surface area contributed by atoms with E-state index in [1.165, 1.54) is 73.3 Å². The highest BCUT2D eigenvalue weighted by Gasteiger charge is 2.25. The molecule has 0 aliphatic rings. The van der Waals surface area contributed by atoms with Crippen molar-refractivity contribution in [1.82, 2.24) is 14.5 Å². The first-order chi connectivity index (χ1) is 25.3. The van der Waals surface area contributed by atoms with Crippen molar-refractivity contribution in [2.75, 3.05) is 0 Å². The lowest BCUT2D eigenvalue weighted by atomic mass is 9.98. The molecule has 0 saturated carbocycles. The molecule has 0 bridgehead atoms. The number of thiophene rings is 2. The molecule has 0 radical (unpaired) electrons. The van der Waals surface area contributed by atoms with Crippen LogP contribution in [0.1, 0.15) is 0 Å². The minimum Gasteiger partial charge on any atom is -0.277 e. The number of para-hydroxylation sites is 1. The predicted molar refractivity (Wildman–Crippen MR) is 220 cm³/mol. The third-order valence-electron chi connectivity index (χ3n) is 10.6. The van der Waals surface area contributed by atoms with Crippen LogP contribution in [0.3, 0.4) is 0 Å². The Bertz CT molecular complexity index is 3420. The van der Waals surface area contributed by atoms with Gasteiger partial charge in [-0.1, -0.05) is 140 Å². The molecule has 4 aromatic heterocycles. The number of nitrogens with zero attached hydrogens (tertiary/aromatic N) is 3. The van der Waals surface area contributed by atoms with Crippen LogP contribution in [0.25, 0.3) is 112 Å². The summed E-state index contributed by atoms with van der Waals surface area (Å²) in [6.45, 7) is 0. The molecule has 0 saturated heterocycles. The van der Waals surface area contributed by atoms with Gasteiger partial charge < -0.3 is 0 Å². The number of rotatable bonds is 2. The normalized spacial score (nSPS) is 12.3. The lowest BCUT2D eigenvalue weighted by Crippen LogP contribution is -2.03. The number of benzene rings is 8. The molecule has 4 heterocycles. The Kier molecular flexibility index (Phi) is 5.53. The molecule has 3 nitrogen and oxygen atoms in total. The third kappa shape index (κ3) is 3.66. The minimum absolute atomic E-state index is 0.691. The fraction of sp³-hybridized carbons (Fsp3) is 0. The van der Waals surface area contributed by atoms with Crippen molar-refractivity contribution in [3.63, 3.8) is 0 Å². The molecule has 0 amide bonds. The van der Waals surface area contributed by atoms with E-state index in [1.54, 1.807) is 0 Å². The first-order valence-corrected chi connectivity index (χ1v) is 18.8. The van der Waals surface area contributed by atoms with Crippen LogP contribution in [0, 0.1) is 0 Å². The summed E-state index contributed by atoms with van der Waals surface area (Å²) in [7, 11) is 0. The molecule has 12 aromatic rings. The van der Waals surface area contributed by atoms with Gasteiger partial charge in [-0.3, -0.25) is 4.57 Å². The Morgan fingerprint density at radius 2 is 0.941 bits per heavy atom. The van der Waals surface area contributed by atoms with Crippen molar-refractivity contribution in [3.05, 3.63) is 152 Å². The standard InChI is InChI=1S/C46H25N3S2/c1-2-14-26(15-3-1)40-45-41(38-29-18-6-4-16-27(29)28-17-5-8-20-31(28)43(38)51-45)48-46(47-40)49-35-24-12-10-22-33(35)37-30-19-7-9-21-32(30)44-39(42(37)49)34-23-11-13-25-36(34)50-44/h1-25H. The highest BCUT2D eigenvalue weighted by Crippen LogP contribution is 2.49. The van der Waals surface area contributed by atoms with Gasteiger partial charge in [0.05, 0.1) is 26.9 Å². The average molecular weight is 684 g/mol. The number of aromatic nitrogens is 3. The van der Waals surface area contributed by atoms with Crippen LogP contribution in [0.4, 0.5) is 0 Å². The second-order valence-electron chi connectivity index (χ2n) is 13.2. The van der Waals surface area contributed by atoms with E-state index >= 15 is 0 Å². The van der Waals surface area contributed by atoms with E-state index in [1.807, 2.05) is 22.7 Å². The summed E-state index contributed by atoms with van der Waals surface area (Å²) in [5.41, 5.74) is 5.31. The van der Waals surface area contributed by atoms with Crippen molar-refractivity contribution in [2.45, 2.75) is 0 Å². The fourth-order valence-corrected chi connectivity index (χ4v) is 11.0. The van der Waals surface area contributed by atoms with Gasteiger partial charge in [-0.25, -0.2) is 9.97 Å². The van der Waals surface area contributed by atoms with Crippen molar-refractivity contribution in [3.8, 4) is 17.2 Å². The molecule has 12 rings (SSSR count). The zero-order chi connectivity index (χ0) is 33.2. The topological polar surface area (TPSA) is 30.7 Å². The molecule has 0 N–H and O–H groups in total. The first kappa shape index (κ1) is 27.7. The molecule has 0 spiro atoms. The molecule has 5 heteroatoms. The Morgan fingerprint density at radius 1 is 0.392 bits per heavy atom. The van der Waals surface area contributed by atoms with Crippen molar-refractivity contribution >= 4 is 117 Å². The van der Waals surface area contributed by atoms with Gasteiger partial charge in [0.2, 0.25) is 5.95 Å². The summed E-state index contributed by atoms with van der Waals surface area (Å²) in [5.74, 6) is 0.691. The van der Waals surface area contributed by atoms with Crippen molar-refractivity contribution in [1.29, 1.82) is 0 Å². The molecule has 236 valence electrons. The van der Waals surface area contributed by atoms with Gasteiger partial charge >= 0.3 is 0 Å². The largest absolute Gasteiger partial charge is 0.277 e. The third-order valence-corrected chi connectivity index (χ3v) is 13.0. The number of hydrogen-bond acceptors (Lipinski definition) is 4. The van der Waals surface area contributed by atoms with E-state index in [2.05, 4.69) is 156 Å². The number of fused-ring (bicyclic) bond motifs is 18. The van der Waals surface area contributed by atoms with E-state index in [0.717, 1.165) is 32.5 Å². The highest BCUT2D eigenvalue weighted by molar-refractivity contribution is 7.27. The monoisotopic (exact) mass is 683 g/mol. The van der Waals surface area contributed by atoms with Gasteiger partial charge in [0, 0.05) is 57.4 Å². The van der Waals surface area contributed by atoms with Crippen LogP contribution in [-0.2, 0) is 0 Å². The van der Waals surface area contributed by atoms with Crippen LogP contribution >= 0.6 is 22.7 Å². The van der Waals surface area contributed by atoms with Crippen LogP contribution < -0.4 is 0 Å². The Morgan fingerprint density at radius 3 is 1.71 bits per heavy atom. The highest BCUT2D eigenvalue weighted by atomic mass is 32.1. The summed E-state index contributed by atoms with van der Waals surface area (Å²) in [4.78, 5) is 11.3. The summed E-state index contributed by atoms with van der Waals surface area (Å²) < 4.78 is 7.30. The predicted octanol–water partition coefficient (Wildman–Crippen LogP) is 13.4. The molecule has 0 aliphatic heterocycles. The van der Waals surface area contributed by atoms with Crippen LogP contribution in [0.5, 0.6) is 0 Å². The van der Waals surface area contributed by atoms with Gasteiger partial charge in [0.15, 0.2) is 0 Å². The van der Waals surface area contributed by atoms with Gasteiger partial charge in [-0.15, -0.1) is 22.7 Å². The van der Waals surface area contributed by atoms with E-state index in [-0.39, 0.29) is 0 Å². The van der Waals surface area contributed by atoms with Crippen molar-refractivity contribution < 1.29 is 0 Å². The van der Waals surface area contributed by atoms with Crippen LogP contribution in [0.2, 0.25) is 0 Å². The molecule has 51 heavy (non-hydrogen) atoms. The molecular weight excluding hydrogens is 659 g/mol. The molecular formula is C46H25N3S2. The Hall–Kier alpha value is -6.14. The summed E-state index contributed by atoms with van der Waals surface area (Å²) in [5, 5.41) is 13.7. The first-order valence-electron chi connectivity index (χ1n) is 17.2. The van der Waals surface area contributed by atoms with E-state index in [0.29, 0.717) is 5.95 Å². The zero-order valence-corrected chi connectivity index (χ0v) is 28.7. The SMILES string of the molecule is c1ccc(-c2nc(-n3c4ccccc4c4c5ccccc5c5sc6ccccc6c5c43)nc3c2sc2c4ccccc4c4ccccc4c32)cc1.